The van der Waals surface area contributed by atoms with Crippen LogP contribution in [0.4, 0.5) is 0 Å². The first kappa shape index (κ1) is 10.4. The van der Waals surface area contributed by atoms with Gasteiger partial charge in [-0.1, -0.05) is 12.3 Å². The number of terminal acetylenes is 1. The number of nitrogens with one attached hydrogen (secondary N) is 1. The minimum atomic E-state index is 0.566. The molecule has 0 unspecified atom stereocenters. The van der Waals surface area contributed by atoms with Crippen LogP contribution in [0.2, 0.25) is 0 Å². The average Bonchev–Trinajstić information content (AvgIpc) is 2.64. The van der Waals surface area contributed by atoms with Crippen LogP contribution in [0.25, 0.3) is 0 Å². The van der Waals surface area contributed by atoms with Crippen molar-refractivity contribution >= 4 is 5.96 Å². The van der Waals surface area contributed by atoms with Gasteiger partial charge in [-0.15, -0.1) is 6.42 Å². The number of hydrogen-bond acceptors (Lipinski definition) is 1. The largest absolute Gasteiger partial charge is 0.345 e. The second-order valence-corrected chi connectivity index (χ2v) is 4.63. The lowest BCUT2D eigenvalue weighted by atomic mass is 9.68. The van der Waals surface area contributed by atoms with Crippen molar-refractivity contribution in [3.63, 3.8) is 0 Å². The lowest BCUT2D eigenvalue weighted by Crippen LogP contribution is -2.42. The minimum absolute atomic E-state index is 0.566. The molecule has 0 aromatic carbocycles. The van der Waals surface area contributed by atoms with Gasteiger partial charge in [-0.05, 0) is 24.7 Å². The second kappa shape index (κ2) is 4.14. The van der Waals surface area contributed by atoms with Crippen LogP contribution in [0.1, 0.15) is 25.7 Å². The average molecular weight is 205 g/mol. The van der Waals surface area contributed by atoms with E-state index in [0.717, 1.165) is 19.0 Å². The quantitative estimate of drug-likeness (QED) is 0.394. The molecule has 2 aliphatic rings. The summed E-state index contributed by atoms with van der Waals surface area (Å²) in [7, 11) is 1.82. The molecule has 1 saturated heterocycles. The third-order valence-corrected chi connectivity index (χ3v) is 3.71. The highest BCUT2D eigenvalue weighted by Crippen LogP contribution is 2.47. The summed E-state index contributed by atoms with van der Waals surface area (Å²) in [6.07, 6.45) is 10.8. The molecule has 1 aliphatic carbocycles. The maximum atomic E-state index is 5.23. The fourth-order valence-electron chi connectivity index (χ4n) is 2.66. The normalized spacial score (nSPS) is 23.7. The van der Waals surface area contributed by atoms with Gasteiger partial charge in [-0.25, -0.2) is 0 Å². The molecular weight excluding hydrogens is 186 g/mol. The van der Waals surface area contributed by atoms with Crippen molar-refractivity contribution < 1.29 is 0 Å². The first-order valence-corrected chi connectivity index (χ1v) is 5.69. The molecule has 0 atom stereocenters. The molecule has 2 fully saturated rings. The summed E-state index contributed by atoms with van der Waals surface area (Å²) in [6.45, 7) is 2.86. The van der Waals surface area contributed by atoms with Crippen molar-refractivity contribution in [3.05, 3.63) is 0 Å². The van der Waals surface area contributed by atoms with E-state index in [0.29, 0.717) is 12.0 Å². The highest BCUT2D eigenvalue weighted by Gasteiger charge is 2.43. The highest BCUT2D eigenvalue weighted by molar-refractivity contribution is 5.80. The standard InChI is InChI=1S/C12H19N3/c1-3-8-14-11(13-2)15-9-7-12(10-15)5-4-6-12/h1H,4-10H2,2H3,(H,13,14). The van der Waals surface area contributed by atoms with E-state index in [-0.39, 0.29) is 0 Å². The predicted molar refractivity (Wildman–Crippen MR) is 62.7 cm³/mol. The van der Waals surface area contributed by atoms with Crippen LogP contribution in [0, 0.1) is 17.8 Å². The SMILES string of the molecule is C#CCNC(=NC)N1CCC2(CCC2)C1. The summed E-state index contributed by atoms with van der Waals surface area (Å²) in [6, 6.07) is 0. The highest BCUT2D eigenvalue weighted by atomic mass is 15.3. The van der Waals surface area contributed by atoms with Gasteiger partial charge in [0.05, 0.1) is 6.54 Å². The number of nitrogens with zero attached hydrogens (tertiary/aromatic N) is 2. The number of rotatable bonds is 1. The maximum Gasteiger partial charge on any atom is 0.194 e. The Morgan fingerprint density at radius 1 is 1.53 bits per heavy atom. The van der Waals surface area contributed by atoms with E-state index in [4.69, 9.17) is 6.42 Å². The fourth-order valence-corrected chi connectivity index (χ4v) is 2.66. The van der Waals surface area contributed by atoms with Crippen LogP contribution in [-0.2, 0) is 0 Å². The summed E-state index contributed by atoms with van der Waals surface area (Å²) < 4.78 is 0. The topological polar surface area (TPSA) is 27.6 Å². The van der Waals surface area contributed by atoms with E-state index in [1.807, 2.05) is 7.05 Å². The van der Waals surface area contributed by atoms with E-state index in [9.17, 15) is 0 Å². The summed E-state index contributed by atoms with van der Waals surface area (Å²) >= 11 is 0. The van der Waals surface area contributed by atoms with Crippen LogP contribution in [-0.4, -0.2) is 37.5 Å². The van der Waals surface area contributed by atoms with Gasteiger partial charge in [-0.3, -0.25) is 4.99 Å². The minimum Gasteiger partial charge on any atom is -0.345 e. The van der Waals surface area contributed by atoms with Crippen molar-refractivity contribution in [1.29, 1.82) is 0 Å². The van der Waals surface area contributed by atoms with Crippen LogP contribution >= 0.6 is 0 Å². The van der Waals surface area contributed by atoms with Gasteiger partial charge in [0.25, 0.3) is 0 Å². The molecule has 0 amide bonds. The first-order chi connectivity index (χ1) is 7.29. The van der Waals surface area contributed by atoms with Gasteiger partial charge in [0.1, 0.15) is 0 Å². The van der Waals surface area contributed by atoms with Gasteiger partial charge in [-0.2, -0.15) is 0 Å². The molecule has 82 valence electrons. The number of guanidine groups is 1. The molecule has 15 heavy (non-hydrogen) atoms. The molecule has 1 heterocycles. The Kier molecular flexibility index (Phi) is 2.86. The number of aliphatic imine (C=N–C) groups is 1. The van der Waals surface area contributed by atoms with Crippen LogP contribution in [0.5, 0.6) is 0 Å². The molecule has 3 heteroatoms. The van der Waals surface area contributed by atoms with E-state index in [2.05, 4.69) is 21.1 Å². The van der Waals surface area contributed by atoms with Crippen molar-refractivity contribution in [3.8, 4) is 12.3 Å². The Labute approximate surface area is 91.9 Å². The summed E-state index contributed by atoms with van der Waals surface area (Å²) in [4.78, 5) is 6.61. The lowest BCUT2D eigenvalue weighted by molar-refractivity contribution is 0.151. The van der Waals surface area contributed by atoms with Crippen molar-refractivity contribution in [2.45, 2.75) is 25.7 Å². The molecule has 1 saturated carbocycles. The molecular formula is C12H19N3. The van der Waals surface area contributed by atoms with Crippen molar-refractivity contribution in [1.82, 2.24) is 10.2 Å². The van der Waals surface area contributed by atoms with Gasteiger partial charge in [0.15, 0.2) is 5.96 Å². The third-order valence-electron chi connectivity index (χ3n) is 3.71. The lowest BCUT2D eigenvalue weighted by Gasteiger charge is -2.38. The van der Waals surface area contributed by atoms with Gasteiger partial charge >= 0.3 is 0 Å². The Balaban J connectivity index is 1.91. The Morgan fingerprint density at radius 2 is 2.33 bits per heavy atom. The van der Waals surface area contributed by atoms with Gasteiger partial charge in [0, 0.05) is 20.1 Å². The molecule has 2 rings (SSSR count). The molecule has 0 bridgehead atoms. The zero-order chi connectivity index (χ0) is 10.7. The molecule has 1 N–H and O–H groups in total. The number of hydrogen-bond donors (Lipinski definition) is 1. The summed E-state index contributed by atoms with van der Waals surface area (Å²) in [5.74, 6) is 3.56. The zero-order valence-electron chi connectivity index (χ0n) is 9.42. The predicted octanol–water partition coefficient (Wildman–Crippen LogP) is 1.07. The molecule has 0 aromatic heterocycles. The molecule has 3 nitrogen and oxygen atoms in total. The maximum absolute atomic E-state index is 5.23. The van der Waals surface area contributed by atoms with Crippen LogP contribution in [0.3, 0.4) is 0 Å². The van der Waals surface area contributed by atoms with Crippen LogP contribution < -0.4 is 5.32 Å². The Bertz CT molecular complexity index is 296. The molecule has 0 aromatic rings. The van der Waals surface area contributed by atoms with E-state index in [1.54, 1.807) is 0 Å². The summed E-state index contributed by atoms with van der Waals surface area (Å²) in [5.41, 5.74) is 0.619. The van der Waals surface area contributed by atoms with Gasteiger partial charge < -0.3 is 10.2 Å². The Morgan fingerprint density at radius 3 is 2.80 bits per heavy atom. The van der Waals surface area contributed by atoms with E-state index < -0.39 is 0 Å². The van der Waals surface area contributed by atoms with Gasteiger partial charge in [0.2, 0.25) is 0 Å². The smallest absolute Gasteiger partial charge is 0.194 e. The van der Waals surface area contributed by atoms with Crippen LogP contribution in [0.15, 0.2) is 4.99 Å². The third kappa shape index (κ3) is 1.94. The monoisotopic (exact) mass is 205 g/mol. The molecule has 1 spiro atoms. The fraction of sp³-hybridized carbons (Fsp3) is 0.750. The summed E-state index contributed by atoms with van der Waals surface area (Å²) in [5, 5.41) is 3.19. The molecule has 1 aliphatic heterocycles. The Hall–Kier alpha value is -1.17. The first-order valence-electron chi connectivity index (χ1n) is 5.69. The van der Waals surface area contributed by atoms with Crippen molar-refractivity contribution in [2.24, 2.45) is 10.4 Å². The van der Waals surface area contributed by atoms with E-state index >= 15 is 0 Å². The zero-order valence-corrected chi connectivity index (χ0v) is 9.42. The van der Waals surface area contributed by atoms with Crippen molar-refractivity contribution in [2.75, 3.05) is 26.7 Å². The van der Waals surface area contributed by atoms with E-state index in [1.165, 1.54) is 25.7 Å². The molecule has 0 radical (unpaired) electrons. The number of likely N-dealkylation sites (tertiary alicyclic amines) is 1. The second-order valence-electron chi connectivity index (χ2n) is 4.63.